The maximum Gasteiger partial charge on any atom is 0.435 e. The zero-order valence-corrected chi connectivity index (χ0v) is 14.7. The minimum atomic E-state index is -4.56. The Balaban J connectivity index is 1.77. The summed E-state index contributed by atoms with van der Waals surface area (Å²) >= 11 is 0. The normalized spacial score (nSPS) is 11.7. The Bertz CT molecular complexity index is 1030. The highest BCUT2D eigenvalue weighted by Gasteiger charge is 2.34. The number of anilines is 2. The van der Waals surface area contributed by atoms with Crippen LogP contribution in [0.3, 0.4) is 0 Å². The van der Waals surface area contributed by atoms with E-state index in [1.807, 2.05) is 30.3 Å². The predicted octanol–water partition coefficient (Wildman–Crippen LogP) is 3.74. The van der Waals surface area contributed by atoms with Gasteiger partial charge in [-0.1, -0.05) is 30.3 Å². The Kier molecular flexibility index (Phi) is 5.16. The monoisotopic (exact) mass is 387 g/mol. The Morgan fingerprint density at radius 2 is 1.89 bits per heavy atom. The summed E-state index contributed by atoms with van der Waals surface area (Å²) in [5.74, 6) is -0.257. The third-order valence-corrected chi connectivity index (χ3v) is 3.85. The molecular formula is C19H16F3N5O. The molecule has 3 rings (SSSR count). The van der Waals surface area contributed by atoms with Crippen LogP contribution >= 0.6 is 0 Å². The zero-order valence-electron chi connectivity index (χ0n) is 14.7. The van der Waals surface area contributed by atoms with Crippen molar-refractivity contribution in [3.63, 3.8) is 0 Å². The molecule has 0 spiro atoms. The molecule has 28 heavy (non-hydrogen) atoms. The molecule has 6 nitrogen and oxygen atoms in total. The van der Waals surface area contributed by atoms with E-state index in [9.17, 15) is 18.0 Å². The summed E-state index contributed by atoms with van der Waals surface area (Å²) in [6.07, 6.45) is -1.57. The lowest BCUT2D eigenvalue weighted by Gasteiger charge is -2.08. The van der Waals surface area contributed by atoms with Gasteiger partial charge in [0.25, 0.3) is 0 Å². The van der Waals surface area contributed by atoms with Crippen LogP contribution in [0.1, 0.15) is 11.3 Å². The van der Waals surface area contributed by atoms with Gasteiger partial charge in [-0.25, -0.2) is 4.98 Å². The maximum atomic E-state index is 12.8. The first-order chi connectivity index (χ1) is 13.2. The molecule has 2 heterocycles. The van der Waals surface area contributed by atoms with E-state index in [1.54, 1.807) is 6.08 Å². The van der Waals surface area contributed by atoms with Crippen LogP contribution in [0, 0.1) is 0 Å². The van der Waals surface area contributed by atoms with Crippen molar-refractivity contribution in [3.05, 3.63) is 65.9 Å². The van der Waals surface area contributed by atoms with Gasteiger partial charge in [-0.05, 0) is 29.8 Å². The molecule has 0 aliphatic carbocycles. The molecule has 0 aliphatic rings. The topological polar surface area (TPSA) is 85.8 Å². The van der Waals surface area contributed by atoms with E-state index in [0.29, 0.717) is 0 Å². The molecule has 0 bridgehead atoms. The van der Waals surface area contributed by atoms with Gasteiger partial charge < -0.3 is 11.1 Å². The highest BCUT2D eigenvalue weighted by atomic mass is 19.4. The van der Waals surface area contributed by atoms with E-state index in [4.69, 9.17) is 5.73 Å². The summed E-state index contributed by atoms with van der Waals surface area (Å²) in [6, 6.07) is 13.1. The number of alkyl halides is 3. The van der Waals surface area contributed by atoms with Gasteiger partial charge in [0.2, 0.25) is 5.91 Å². The summed E-state index contributed by atoms with van der Waals surface area (Å²) in [6.45, 7) is 0. The molecule has 1 amide bonds. The molecule has 2 aromatic heterocycles. The molecule has 0 saturated heterocycles. The van der Waals surface area contributed by atoms with E-state index in [1.165, 1.54) is 25.3 Å². The number of nitrogens with two attached hydrogens (primary N) is 1. The van der Waals surface area contributed by atoms with E-state index in [0.717, 1.165) is 16.3 Å². The highest BCUT2D eigenvalue weighted by molar-refractivity contribution is 6.01. The molecular weight excluding hydrogens is 371 g/mol. The summed E-state index contributed by atoms with van der Waals surface area (Å²) < 4.78 is 39.6. The number of nitrogens with zero attached hydrogens (tertiary/aromatic N) is 3. The number of amides is 1. The van der Waals surface area contributed by atoms with Gasteiger partial charge in [0.05, 0.1) is 5.69 Å². The standard InChI is InChI=1S/C19H16F3N5O/c1-27-14(11-15(26-27)19(20,21)22)13-8-9-16(25-18(13)23)24-17(28)10-7-12-5-3-2-4-6-12/h2-11H,1H3,(H3,23,24,25,28)/b10-7+. The molecule has 3 N–H and O–H groups in total. The van der Waals surface area contributed by atoms with E-state index < -0.39 is 17.8 Å². The van der Waals surface area contributed by atoms with Crippen LogP contribution in [-0.4, -0.2) is 20.7 Å². The Hall–Kier alpha value is -3.62. The second-order valence-electron chi connectivity index (χ2n) is 5.90. The number of benzene rings is 1. The quantitative estimate of drug-likeness (QED) is 0.668. The van der Waals surface area contributed by atoms with Crippen molar-refractivity contribution in [3.8, 4) is 11.3 Å². The molecule has 1 aromatic carbocycles. The van der Waals surface area contributed by atoms with Gasteiger partial charge in [0, 0.05) is 18.7 Å². The fraction of sp³-hybridized carbons (Fsp3) is 0.105. The molecule has 9 heteroatoms. The largest absolute Gasteiger partial charge is 0.435 e. The third-order valence-electron chi connectivity index (χ3n) is 3.85. The summed E-state index contributed by atoms with van der Waals surface area (Å²) in [5, 5.41) is 6.01. The first-order valence-electron chi connectivity index (χ1n) is 8.16. The minimum absolute atomic E-state index is 0.0263. The molecule has 144 valence electrons. The van der Waals surface area contributed by atoms with Crippen LogP contribution in [0.4, 0.5) is 24.8 Å². The number of carbonyl (C=O) groups excluding carboxylic acids is 1. The van der Waals surface area contributed by atoms with Crippen LogP contribution in [0.25, 0.3) is 17.3 Å². The number of aromatic nitrogens is 3. The number of carbonyl (C=O) groups is 1. The van der Waals surface area contributed by atoms with Gasteiger partial charge in [0.15, 0.2) is 5.69 Å². The number of hydrogen-bond donors (Lipinski definition) is 2. The average molecular weight is 387 g/mol. The van der Waals surface area contributed by atoms with Gasteiger partial charge in [-0.15, -0.1) is 0 Å². The van der Waals surface area contributed by atoms with E-state index >= 15 is 0 Å². The lowest BCUT2D eigenvalue weighted by Crippen LogP contribution is -2.10. The van der Waals surface area contributed by atoms with Gasteiger partial charge >= 0.3 is 6.18 Å². The van der Waals surface area contributed by atoms with Crippen LogP contribution < -0.4 is 11.1 Å². The van der Waals surface area contributed by atoms with E-state index in [-0.39, 0.29) is 22.9 Å². The minimum Gasteiger partial charge on any atom is -0.383 e. The number of aryl methyl sites for hydroxylation is 1. The number of nitrogens with one attached hydrogen (secondary N) is 1. The third kappa shape index (κ3) is 4.37. The van der Waals surface area contributed by atoms with Crippen molar-refractivity contribution in [2.45, 2.75) is 6.18 Å². The van der Waals surface area contributed by atoms with Crippen LogP contribution in [-0.2, 0) is 18.0 Å². The molecule has 0 unspecified atom stereocenters. The van der Waals surface area contributed by atoms with Crippen molar-refractivity contribution < 1.29 is 18.0 Å². The maximum absolute atomic E-state index is 12.8. The van der Waals surface area contributed by atoms with Crippen molar-refractivity contribution in [1.29, 1.82) is 0 Å². The molecule has 0 fully saturated rings. The fourth-order valence-electron chi connectivity index (χ4n) is 2.52. The smallest absolute Gasteiger partial charge is 0.383 e. The average Bonchev–Trinajstić information content (AvgIpc) is 3.03. The second kappa shape index (κ2) is 7.55. The molecule has 0 aliphatic heterocycles. The van der Waals surface area contributed by atoms with Gasteiger partial charge in [-0.2, -0.15) is 18.3 Å². The van der Waals surface area contributed by atoms with Crippen molar-refractivity contribution in [1.82, 2.24) is 14.8 Å². The number of hydrogen-bond acceptors (Lipinski definition) is 4. The lowest BCUT2D eigenvalue weighted by molar-refractivity contribution is -0.141. The summed E-state index contributed by atoms with van der Waals surface area (Å²) in [4.78, 5) is 16.0. The fourth-order valence-corrected chi connectivity index (χ4v) is 2.52. The van der Waals surface area contributed by atoms with Crippen molar-refractivity contribution >= 4 is 23.6 Å². The summed E-state index contributed by atoms with van der Waals surface area (Å²) in [5.41, 5.74) is 6.16. The predicted molar refractivity (Wildman–Crippen MR) is 100.0 cm³/mol. The molecule has 3 aromatic rings. The first kappa shape index (κ1) is 19.2. The van der Waals surface area contributed by atoms with Crippen molar-refractivity contribution in [2.75, 3.05) is 11.1 Å². The molecule has 0 radical (unpaired) electrons. The number of pyridine rings is 1. The Morgan fingerprint density at radius 3 is 2.50 bits per heavy atom. The van der Waals surface area contributed by atoms with Gasteiger partial charge in [0.1, 0.15) is 11.6 Å². The van der Waals surface area contributed by atoms with Crippen LogP contribution in [0.5, 0.6) is 0 Å². The van der Waals surface area contributed by atoms with Crippen LogP contribution in [0.2, 0.25) is 0 Å². The number of nitrogen functional groups attached to an aromatic ring is 1. The Labute approximate surface area is 158 Å². The van der Waals surface area contributed by atoms with E-state index in [2.05, 4.69) is 15.4 Å². The number of halogens is 3. The van der Waals surface area contributed by atoms with Crippen molar-refractivity contribution in [2.24, 2.45) is 7.05 Å². The number of rotatable bonds is 4. The Morgan fingerprint density at radius 1 is 1.18 bits per heavy atom. The van der Waals surface area contributed by atoms with Gasteiger partial charge in [-0.3, -0.25) is 9.48 Å². The summed E-state index contributed by atoms with van der Waals surface area (Å²) in [7, 11) is 1.38. The molecule has 0 saturated carbocycles. The zero-order chi connectivity index (χ0) is 20.3. The lowest BCUT2D eigenvalue weighted by atomic mass is 10.1. The first-order valence-corrected chi connectivity index (χ1v) is 8.16. The SMILES string of the molecule is Cn1nc(C(F)(F)F)cc1-c1ccc(NC(=O)/C=C/c2ccccc2)nc1N. The molecule has 0 atom stereocenters. The second-order valence-corrected chi connectivity index (χ2v) is 5.90. The van der Waals surface area contributed by atoms with Crippen LogP contribution in [0.15, 0.2) is 54.6 Å². The highest BCUT2D eigenvalue weighted by Crippen LogP contribution is 2.33.